The van der Waals surface area contributed by atoms with Gasteiger partial charge in [0.1, 0.15) is 0 Å². The monoisotopic (exact) mass is 1060 g/mol. The fourth-order valence-electron chi connectivity index (χ4n) is 12.2. The molecule has 10 N–H and O–H groups in total. The third-order valence-corrected chi connectivity index (χ3v) is 17.7. The van der Waals surface area contributed by atoms with Crippen LogP contribution in [0.3, 0.4) is 0 Å². The molecule has 8 saturated heterocycles. The molecule has 9 aliphatic heterocycles. The molecule has 10 heterocycles. The topological polar surface area (TPSA) is 155 Å². The van der Waals surface area contributed by atoms with Crippen LogP contribution in [0.1, 0.15) is 140 Å². The van der Waals surface area contributed by atoms with Gasteiger partial charge in [-0.1, -0.05) is 27.7 Å². The van der Waals surface area contributed by atoms with Crippen molar-refractivity contribution in [3.05, 3.63) is 17.5 Å². The molecule has 15 heteroatoms. The quantitative estimate of drug-likeness (QED) is 0.117. The Labute approximate surface area is 463 Å². The Hall–Kier alpha value is -1.31. The van der Waals surface area contributed by atoms with Gasteiger partial charge in [-0.2, -0.15) is 5.10 Å². The van der Waals surface area contributed by atoms with E-state index < -0.39 is 0 Å². The maximum atomic E-state index is 5.57. The van der Waals surface area contributed by atoms with E-state index in [0.29, 0.717) is 24.2 Å². The number of nitrogens with two attached hydrogens (primary N) is 1. The average molecular weight is 1060 g/mol. The smallest absolute Gasteiger partial charge is 0.0537 e. The number of hydrogen-bond acceptors (Lipinski definition) is 14. The summed E-state index contributed by atoms with van der Waals surface area (Å²) < 4.78 is 0. The molecule has 10 rings (SSSR count). The first kappa shape index (κ1) is 66.2. The second-order valence-electron chi connectivity index (χ2n) is 26.3. The SMILES string of the molecule is CC(C)N1CC2CNCC2C1.CC(C)N1CC[C@@H](CN)C1.CC(C)N1C[C@H]2CNCC[C@H]2C1.CC(C)N1Cc2cn[nH]c2C1.CC(C)NC[C@@H]1CCNC1.CC(C)NC[C@H]1CCNC1.CNC[C@@H]1CCN(C(C)C)C1. The lowest BCUT2D eigenvalue weighted by atomic mass is 9.90. The second-order valence-corrected chi connectivity index (χ2v) is 26.3. The van der Waals surface area contributed by atoms with E-state index in [-0.39, 0.29) is 0 Å². The lowest BCUT2D eigenvalue weighted by Crippen LogP contribution is -2.35. The van der Waals surface area contributed by atoms with Gasteiger partial charge >= 0.3 is 0 Å². The van der Waals surface area contributed by atoms with E-state index in [1.807, 2.05) is 13.2 Å². The van der Waals surface area contributed by atoms with E-state index in [9.17, 15) is 0 Å². The lowest BCUT2D eigenvalue weighted by molar-refractivity contribution is 0.224. The molecule has 0 spiro atoms. The van der Waals surface area contributed by atoms with Gasteiger partial charge in [0.15, 0.2) is 0 Å². The summed E-state index contributed by atoms with van der Waals surface area (Å²) in [6.07, 6.45) is 8.69. The summed E-state index contributed by atoms with van der Waals surface area (Å²) >= 11 is 0. The summed E-state index contributed by atoms with van der Waals surface area (Å²) in [5, 5.41) is 30.8. The molecule has 0 saturated carbocycles. The summed E-state index contributed by atoms with van der Waals surface area (Å²) in [5.74, 6) is 7.26. The molecule has 0 aromatic carbocycles. The van der Waals surface area contributed by atoms with E-state index in [1.54, 1.807) is 0 Å². The zero-order valence-corrected chi connectivity index (χ0v) is 51.6. The minimum Gasteiger partial charge on any atom is -0.330 e. The second kappa shape index (κ2) is 36.1. The third-order valence-electron chi connectivity index (χ3n) is 17.7. The molecule has 75 heavy (non-hydrogen) atoms. The van der Waals surface area contributed by atoms with Crippen molar-refractivity contribution in [2.75, 3.05) is 138 Å². The first-order chi connectivity index (χ1) is 35.9. The first-order valence-corrected chi connectivity index (χ1v) is 31.2. The number of aromatic amines is 1. The zero-order chi connectivity index (χ0) is 54.9. The van der Waals surface area contributed by atoms with E-state index in [2.05, 4.69) is 169 Å². The fraction of sp³-hybridized carbons (Fsp3) is 0.950. The van der Waals surface area contributed by atoms with E-state index in [1.165, 1.54) is 168 Å². The van der Waals surface area contributed by atoms with Crippen molar-refractivity contribution in [1.29, 1.82) is 0 Å². The number of aromatic nitrogens is 2. The van der Waals surface area contributed by atoms with Crippen LogP contribution in [-0.2, 0) is 13.1 Å². The van der Waals surface area contributed by atoms with Gasteiger partial charge in [-0.25, -0.2) is 0 Å². The Kier molecular flexibility index (Phi) is 31.9. The highest BCUT2D eigenvalue weighted by molar-refractivity contribution is 5.20. The Morgan fingerprint density at radius 2 is 0.920 bits per heavy atom. The number of likely N-dealkylation sites (tertiary alicyclic amines) is 4. The van der Waals surface area contributed by atoms with Gasteiger partial charge in [0.2, 0.25) is 0 Å². The predicted octanol–water partition coefficient (Wildman–Crippen LogP) is 5.42. The van der Waals surface area contributed by atoms with Gasteiger partial charge in [-0.15, -0.1) is 0 Å². The fourth-order valence-corrected chi connectivity index (χ4v) is 12.2. The third kappa shape index (κ3) is 24.9. The van der Waals surface area contributed by atoms with Crippen molar-refractivity contribution in [1.82, 2.24) is 71.9 Å². The van der Waals surface area contributed by atoms with Crippen molar-refractivity contribution in [2.45, 2.75) is 184 Å². The maximum absolute atomic E-state index is 5.57. The van der Waals surface area contributed by atoms with Crippen LogP contribution in [0.5, 0.6) is 0 Å². The predicted molar refractivity (Wildman–Crippen MR) is 322 cm³/mol. The Bertz CT molecular complexity index is 1490. The van der Waals surface area contributed by atoms with Crippen LogP contribution in [0, 0.1) is 47.3 Å². The zero-order valence-electron chi connectivity index (χ0n) is 51.6. The molecule has 0 radical (unpaired) electrons. The summed E-state index contributed by atoms with van der Waals surface area (Å²) in [6, 6.07) is 4.85. The normalized spacial score (nSPS) is 28.8. The van der Waals surface area contributed by atoms with Gasteiger partial charge < -0.3 is 62.6 Å². The molecule has 9 aliphatic rings. The molecule has 8 fully saturated rings. The number of H-pyrrole nitrogens is 1. The van der Waals surface area contributed by atoms with Gasteiger partial charge in [0.25, 0.3) is 0 Å². The molecule has 0 aliphatic carbocycles. The van der Waals surface area contributed by atoms with Crippen LogP contribution >= 0.6 is 0 Å². The van der Waals surface area contributed by atoms with Crippen LogP contribution in [0.15, 0.2) is 6.20 Å². The number of nitrogens with one attached hydrogen (secondary N) is 8. The van der Waals surface area contributed by atoms with Crippen LogP contribution in [0.2, 0.25) is 0 Å². The number of rotatable bonds is 14. The molecular formula is C60H125N15. The Balaban J connectivity index is 0.000000190. The van der Waals surface area contributed by atoms with Crippen LogP contribution in [0.4, 0.5) is 0 Å². The average Bonchev–Trinajstić information content (AvgIpc) is 4.22. The maximum Gasteiger partial charge on any atom is 0.0537 e. The van der Waals surface area contributed by atoms with Crippen molar-refractivity contribution in [3.8, 4) is 0 Å². The highest BCUT2D eigenvalue weighted by atomic mass is 15.2. The highest BCUT2D eigenvalue weighted by Gasteiger charge is 2.37. The van der Waals surface area contributed by atoms with Crippen molar-refractivity contribution < 1.29 is 0 Å². The van der Waals surface area contributed by atoms with E-state index >= 15 is 0 Å². The summed E-state index contributed by atoms with van der Waals surface area (Å²) in [5.41, 5.74) is 8.22. The summed E-state index contributed by atoms with van der Waals surface area (Å²) in [7, 11) is 2.04. The number of hydrogen-bond donors (Lipinski definition) is 9. The number of piperidine rings is 1. The largest absolute Gasteiger partial charge is 0.330 e. The molecule has 8 atom stereocenters. The van der Waals surface area contributed by atoms with Crippen molar-refractivity contribution in [3.63, 3.8) is 0 Å². The molecule has 15 nitrogen and oxygen atoms in total. The lowest BCUT2D eigenvalue weighted by Gasteiger charge is -2.24. The van der Waals surface area contributed by atoms with Crippen LogP contribution < -0.4 is 43.0 Å². The number of fused-ring (bicyclic) bond motifs is 3. The molecule has 1 aromatic rings. The van der Waals surface area contributed by atoms with Crippen LogP contribution in [-0.4, -0.2) is 215 Å². The Morgan fingerprint density at radius 3 is 1.32 bits per heavy atom. The van der Waals surface area contributed by atoms with Gasteiger partial charge in [0, 0.05) is 100 Å². The first-order valence-electron chi connectivity index (χ1n) is 31.2. The standard InChI is InChI=1S/C10H20N2.C9H18N2.C9H20N2.C8H13N3.3C8H18N2/c1-8(2)12-6-9-3-4-11-5-10(9)7-12;1-7(2)11-5-8-3-10-4-9(8)6-11;1-8(2)11-5-4-9(7-11)6-10-3;1-6(2)11-4-7-3-9-10-8(7)5-11;1-7(2)10-4-3-8(5-9)6-10;2*1-7(2)10-6-8-3-4-9-5-8/h8-11H,3-7H2,1-2H3;7-10H,3-6H2,1-2H3;8-10H,4-7H2,1-3H3;3,6H,4-5H2,1-2H3,(H,9,10);7-8H,3-6,9H2,1-2H3;2*7-10H,3-6H2,1-2H3/t9-,10+;;9-;;3*8-/m0.0.010/s1. The highest BCUT2D eigenvalue weighted by Crippen LogP contribution is 2.30. The van der Waals surface area contributed by atoms with Crippen LogP contribution in [0.25, 0.3) is 0 Å². The Morgan fingerprint density at radius 1 is 0.480 bits per heavy atom. The minimum absolute atomic E-state index is 0.635. The molecule has 440 valence electrons. The van der Waals surface area contributed by atoms with Crippen molar-refractivity contribution >= 4 is 0 Å². The molecule has 0 amide bonds. The summed E-state index contributed by atoms with van der Waals surface area (Å²) in [4.78, 5) is 12.7. The van der Waals surface area contributed by atoms with Gasteiger partial charge in [0.05, 0.1) is 11.9 Å². The number of nitrogens with zero attached hydrogens (tertiary/aromatic N) is 6. The molecule has 0 bridgehead atoms. The van der Waals surface area contributed by atoms with Gasteiger partial charge in [-0.05, 0) is 247 Å². The van der Waals surface area contributed by atoms with Crippen molar-refractivity contribution in [2.24, 2.45) is 53.1 Å². The molecular weight excluding hydrogens is 931 g/mol. The van der Waals surface area contributed by atoms with E-state index in [4.69, 9.17) is 5.73 Å². The van der Waals surface area contributed by atoms with E-state index in [0.717, 1.165) is 85.1 Å². The summed E-state index contributed by atoms with van der Waals surface area (Å²) in [6.45, 7) is 58.3. The molecule has 2 unspecified atom stereocenters. The molecule has 1 aromatic heterocycles. The minimum atomic E-state index is 0.635. The van der Waals surface area contributed by atoms with Gasteiger partial charge in [-0.3, -0.25) is 10.00 Å².